The molecule has 13 heteroatoms. The van der Waals surface area contributed by atoms with Gasteiger partial charge in [0.05, 0.1) is 37.8 Å². The number of nitro benzene ring substituents is 1. The molecule has 36 heavy (non-hydrogen) atoms. The number of ether oxygens (including phenoxy) is 2. The van der Waals surface area contributed by atoms with E-state index >= 15 is 0 Å². The Labute approximate surface area is 222 Å². The van der Waals surface area contributed by atoms with Crippen LogP contribution in [0.25, 0.3) is 0 Å². The molecule has 1 N–H and O–H groups in total. The van der Waals surface area contributed by atoms with Crippen molar-refractivity contribution in [2.24, 2.45) is 5.10 Å². The van der Waals surface area contributed by atoms with Gasteiger partial charge in [0.1, 0.15) is 12.3 Å². The van der Waals surface area contributed by atoms with Crippen LogP contribution in [0.4, 0.5) is 24.5 Å². The molecule has 0 saturated heterocycles. The average Bonchev–Trinajstić information content (AvgIpc) is 2.80. The van der Waals surface area contributed by atoms with Crippen LogP contribution in [0.2, 0.25) is 10.0 Å². The second kappa shape index (κ2) is 11.8. The van der Waals surface area contributed by atoms with Crippen molar-refractivity contribution in [2.75, 3.05) is 12.0 Å². The highest BCUT2D eigenvalue weighted by Gasteiger charge is 2.33. The number of nitrogens with one attached hydrogen (secondary N) is 1. The molecule has 190 valence electrons. The van der Waals surface area contributed by atoms with Crippen LogP contribution in [0.15, 0.2) is 58.1 Å². The minimum Gasteiger partial charge on any atom is -0.490 e. The Morgan fingerprint density at radius 1 is 1.11 bits per heavy atom. The topological polar surface area (TPSA) is 86.0 Å². The van der Waals surface area contributed by atoms with Crippen LogP contribution in [-0.2, 0) is 12.8 Å². The summed E-state index contributed by atoms with van der Waals surface area (Å²) in [6.45, 7) is 2.32. The van der Waals surface area contributed by atoms with E-state index in [1.165, 1.54) is 6.21 Å². The molecule has 0 radical (unpaired) electrons. The van der Waals surface area contributed by atoms with Gasteiger partial charge in [0.15, 0.2) is 11.5 Å². The van der Waals surface area contributed by atoms with Gasteiger partial charge in [0.2, 0.25) is 0 Å². The minimum atomic E-state index is -4.71. The van der Waals surface area contributed by atoms with Crippen LogP contribution in [-0.4, -0.2) is 17.7 Å². The number of nitrogens with zero attached hydrogens (tertiary/aromatic N) is 2. The Kier molecular flexibility index (Phi) is 9.04. The molecule has 0 aliphatic heterocycles. The molecule has 0 bridgehead atoms. The number of halogens is 6. The average molecular weight is 607 g/mol. The Hall–Kier alpha value is -3.02. The van der Waals surface area contributed by atoms with Crippen molar-refractivity contribution in [3.63, 3.8) is 0 Å². The van der Waals surface area contributed by atoms with E-state index in [4.69, 9.17) is 32.7 Å². The molecule has 3 aromatic carbocycles. The maximum absolute atomic E-state index is 12.9. The molecule has 0 aliphatic rings. The van der Waals surface area contributed by atoms with Gasteiger partial charge in [-0.05, 0) is 70.4 Å². The van der Waals surface area contributed by atoms with Crippen LogP contribution >= 0.6 is 39.1 Å². The lowest BCUT2D eigenvalue weighted by molar-refractivity contribution is -0.384. The van der Waals surface area contributed by atoms with E-state index in [9.17, 15) is 23.3 Å². The van der Waals surface area contributed by atoms with Crippen molar-refractivity contribution < 1.29 is 27.6 Å². The maximum atomic E-state index is 12.9. The smallest absolute Gasteiger partial charge is 0.416 e. The number of nitro groups is 1. The van der Waals surface area contributed by atoms with E-state index in [1.54, 1.807) is 37.3 Å². The molecule has 3 rings (SSSR count). The van der Waals surface area contributed by atoms with Crippen molar-refractivity contribution in [1.82, 2.24) is 0 Å². The van der Waals surface area contributed by atoms with Gasteiger partial charge in [0, 0.05) is 6.07 Å². The van der Waals surface area contributed by atoms with E-state index in [0.717, 1.165) is 17.7 Å². The fraction of sp³-hybridized carbons (Fsp3) is 0.174. The number of benzene rings is 3. The molecule has 0 aromatic heterocycles. The van der Waals surface area contributed by atoms with Crippen molar-refractivity contribution in [3.8, 4) is 11.5 Å². The summed E-state index contributed by atoms with van der Waals surface area (Å²) >= 11 is 15.4. The van der Waals surface area contributed by atoms with Gasteiger partial charge in [-0.25, -0.2) is 0 Å². The summed E-state index contributed by atoms with van der Waals surface area (Å²) in [7, 11) is 0. The van der Waals surface area contributed by atoms with Gasteiger partial charge >= 0.3 is 6.18 Å². The SMILES string of the molecule is CCOc1cc(/C=N\Nc2ccc(C(F)(F)F)cc2[N+](=O)[O-])cc(Br)c1OCc1ccc(Cl)c(Cl)c1. The predicted octanol–water partition coefficient (Wildman–Crippen LogP) is 8.11. The molecule has 7 nitrogen and oxygen atoms in total. The molecule has 0 spiro atoms. The largest absolute Gasteiger partial charge is 0.490 e. The van der Waals surface area contributed by atoms with E-state index in [-0.39, 0.29) is 12.3 Å². The van der Waals surface area contributed by atoms with E-state index in [1.807, 2.05) is 0 Å². The number of anilines is 1. The number of hydrogen-bond donors (Lipinski definition) is 1. The predicted molar refractivity (Wildman–Crippen MR) is 135 cm³/mol. The summed E-state index contributed by atoms with van der Waals surface area (Å²) in [6, 6.07) is 10.5. The molecule has 0 atom stereocenters. The first-order valence-electron chi connectivity index (χ1n) is 10.2. The molecule has 0 aliphatic carbocycles. The van der Waals surface area contributed by atoms with Crippen molar-refractivity contribution in [2.45, 2.75) is 19.7 Å². The second-order valence-corrected chi connectivity index (χ2v) is 8.83. The summed E-state index contributed by atoms with van der Waals surface area (Å²) in [5.41, 5.74) is 1.63. The lowest BCUT2D eigenvalue weighted by Gasteiger charge is -2.15. The Morgan fingerprint density at radius 3 is 2.50 bits per heavy atom. The Morgan fingerprint density at radius 2 is 1.86 bits per heavy atom. The van der Waals surface area contributed by atoms with Gasteiger partial charge in [-0.3, -0.25) is 15.5 Å². The molecular weight excluding hydrogens is 590 g/mol. The van der Waals surface area contributed by atoms with E-state index in [2.05, 4.69) is 26.5 Å². The fourth-order valence-electron chi connectivity index (χ4n) is 2.98. The first-order valence-corrected chi connectivity index (χ1v) is 11.7. The zero-order valence-corrected chi connectivity index (χ0v) is 21.5. The zero-order chi connectivity index (χ0) is 26.5. The molecule has 3 aromatic rings. The molecule has 0 unspecified atom stereocenters. The Bertz CT molecular complexity index is 1310. The zero-order valence-electron chi connectivity index (χ0n) is 18.4. The van der Waals surface area contributed by atoms with Crippen molar-refractivity contribution >= 4 is 56.7 Å². The molecule has 0 fully saturated rings. The highest BCUT2D eigenvalue weighted by atomic mass is 79.9. The van der Waals surface area contributed by atoms with Gasteiger partial charge in [-0.2, -0.15) is 18.3 Å². The first kappa shape index (κ1) is 27.6. The quantitative estimate of drug-likeness (QED) is 0.151. The van der Waals surface area contributed by atoms with Crippen LogP contribution in [0, 0.1) is 10.1 Å². The molecule has 0 saturated carbocycles. The molecule has 0 heterocycles. The van der Waals surface area contributed by atoms with Crippen molar-refractivity contribution in [1.29, 1.82) is 0 Å². The lowest BCUT2D eigenvalue weighted by atomic mass is 10.1. The third-order valence-electron chi connectivity index (χ3n) is 4.62. The summed E-state index contributed by atoms with van der Waals surface area (Å²) in [5, 5.41) is 16.0. The van der Waals surface area contributed by atoms with Crippen molar-refractivity contribution in [3.05, 3.63) is 89.9 Å². The van der Waals surface area contributed by atoms with E-state index in [0.29, 0.717) is 44.3 Å². The number of rotatable bonds is 9. The number of hydrogen-bond acceptors (Lipinski definition) is 6. The third-order valence-corrected chi connectivity index (χ3v) is 5.95. The number of alkyl halides is 3. The van der Waals surface area contributed by atoms with Gasteiger partial charge in [0.25, 0.3) is 5.69 Å². The Balaban J connectivity index is 1.80. The lowest BCUT2D eigenvalue weighted by Crippen LogP contribution is -2.06. The molecule has 0 amide bonds. The number of hydrazone groups is 1. The highest BCUT2D eigenvalue weighted by Crippen LogP contribution is 2.38. The summed E-state index contributed by atoms with van der Waals surface area (Å²) in [6.07, 6.45) is -3.38. The van der Waals surface area contributed by atoms with Crippen LogP contribution in [0.1, 0.15) is 23.6 Å². The van der Waals surface area contributed by atoms with E-state index < -0.39 is 22.4 Å². The highest BCUT2D eigenvalue weighted by molar-refractivity contribution is 9.10. The third kappa shape index (κ3) is 7.02. The minimum absolute atomic E-state index is 0.183. The monoisotopic (exact) mass is 605 g/mol. The summed E-state index contributed by atoms with van der Waals surface area (Å²) in [4.78, 5) is 10.3. The summed E-state index contributed by atoms with van der Waals surface area (Å²) in [5.74, 6) is 0.820. The fourth-order valence-corrected chi connectivity index (χ4v) is 3.88. The second-order valence-electron chi connectivity index (χ2n) is 7.16. The maximum Gasteiger partial charge on any atom is 0.416 e. The standard InChI is InChI=1S/C23H17BrCl2F3N3O4/c1-2-35-21-9-14(7-16(24)22(21)36-12-13-3-5-17(25)18(26)8-13)11-30-31-19-6-4-15(23(27,28)29)10-20(19)32(33)34/h3-11,31H,2,12H2,1H3/b30-11-. The molecular formula is C23H17BrCl2F3N3O4. The van der Waals surface area contributed by atoms with Gasteiger partial charge in [-0.15, -0.1) is 0 Å². The summed E-state index contributed by atoms with van der Waals surface area (Å²) < 4.78 is 50.8. The van der Waals surface area contributed by atoms with Crippen LogP contribution in [0.3, 0.4) is 0 Å². The van der Waals surface area contributed by atoms with Crippen LogP contribution < -0.4 is 14.9 Å². The normalized spacial score (nSPS) is 11.5. The first-order chi connectivity index (χ1) is 17.0. The van der Waals surface area contributed by atoms with Gasteiger partial charge < -0.3 is 9.47 Å². The van der Waals surface area contributed by atoms with Crippen LogP contribution in [0.5, 0.6) is 11.5 Å². The van der Waals surface area contributed by atoms with Gasteiger partial charge in [-0.1, -0.05) is 29.3 Å².